The molecule has 1 radical (unpaired) electrons. The summed E-state index contributed by atoms with van der Waals surface area (Å²) in [6.45, 7) is 13.7. The topological polar surface area (TPSA) is 25.8 Å². The van der Waals surface area contributed by atoms with Crippen LogP contribution in [0.2, 0.25) is 19.6 Å². The van der Waals surface area contributed by atoms with E-state index in [2.05, 4.69) is 104 Å². The first-order valence-electron chi connectivity index (χ1n) is 16.8. The SMILES string of the molecule is CC(C)Cc1cc(-c2[c-]cccc2)ncc1[Si](C)(C)C.[2H]C(C)(c1ccccc1)c1ccnc(-c2[c-]ccc3c2sc2ccccc23)c1.[Ir]. The molecule has 48 heavy (non-hydrogen) atoms. The molecule has 7 rings (SSSR count). The maximum atomic E-state index is 8.98. The fourth-order valence-electron chi connectivity index (χ4n) is 6.02. The zero-order valence-electron chi connectivity index (χ0n) is 29.5. The fraction of sp³-hybridized carbons (Fsp3) is 0.209. The van der Waals surface area contributed by atoms with Gasteiger partial charge < -0.3 is 9.97 Å². The van der Waals surface area contributed by atoms with E-state index in [9.17, 15) is 0 Å². The van der Waals surface area contributed by atoms with E-state index in [1.54, 1.807) is 17.5 Å². The molecule has 2 nitrogen and oxygen atoms in total. The van der Waals surface area contributed by atoms with Gasteiger partial charge in [-0.2, -0.15) is 11.3 Å². The zero-order chi connectivity index (χ0) is 33.9. The number of fused-ring (bicyclic) bond motifs is 3. The molecule has 3 heterocycles. The number of aromatic nitrogens is 2. The summed E-state index contributed by atoms with van der Waals surface area (Å²) in [4.78, 5) is 9.32. The Hall–Kier alpha value is -3.73. The first kappa shape index (κ1) is 34.1. The minimum Gasteiger partial charge on any atom is -0.305 e. The zero-order valence-corrected chi connectivity index (χ0v) is 32.7. The molecule has 1 unspecified atom stereocenters. The third-order valence-corrected chi connectivity index (χ3v) is 11.7. The van der Waals surface area contributed by atoms with Gasteiger partial charge in [0, 0.05) is 44.5 Å². The molecule has 0 saturated carbocycles. The van der Waals surface area contributed by atoms with Gasteiger partial charge in [-0.15, -0.1) is 59.7 Å². The third kappa shape index (κ3) is 8.10. The summed E-state index contributed by atoms with van der Waals surface area (Å²) in [6, 6.07) is 43.5. The van der Waals surface area contributed by atoms with Crippen LogP contribution in [0, 0.1) is 18.1 Å². The smallest absolute Gasteiger partial charge is 0.0798 e. The predicted octanol–water partition coefficient (Wildman–Crippen LogP) is 11.4. The first-order valence-corrected chi connectivity index (χ1v) is 20.6. The number of nitrogens with zero attached hydrogens (tertiary/aromatic N) is 2. The standard InChI is InChI=1S/C25H18NS.C18H24NSi.Ir/c1-17(18-8-3-2-4-9-18)19-14-15-26-23(16-19)22-12-7-11-21-20-10-5-6-13-24(20)27-25(21)22;1-14(2)11-16-12-17(15-9-7-6-8-10-15)19-13-18(16)20(3,4)5;/h2-11,13-17H,1H3;6-9,12-14H,11H2,1-5H3;/q2*-1;/i17D;;. The molecule has 245 valence electrons. The van der Waals surface area contributed by atoms with Gasteiger partial charge >= 0.3 is 0 Å². The van der Waals surface area contributed by atoms with Gasteiger partial charge in [0.1, 0.15) is 0 Å². The van der Waals surface area contributed by atoms with Crippen LogP contribution < -0.4 is 5.19 Å². The van der Waals surface area contributed by atoms with Gasteiger partial charge in [0.2, 0.25) is 0 Å². The second kappa shape index (κ2) is 15.7. The maximum Gasteiger partial charge on any atom is 0.0798 e. The van der Waals surface area contributed by atoms with E-state index in [0.717, 1.165) is 40.1 Å². The van der Waals surface area contributed by atoms with E-state index in [-0.39, 0.29) is 20.1 Å². The Morgan fingerprint density at radius 2 is 1.50 bits per heavy atom. The van der Waals surface area contributed by atoms with Crippen LogP contribution in [0.15, 0.2) is 122 Å². The first-order chi connectivity index (χ1) is 23.0. The van der Waals surface area contributed by atoms with Gasteiger partial charge in [0.05, 0.1) is 8.07 Å². The van der Waals surface area contributed by atoms with Crippen molar-refractivity contribution in [3.63, 3.8) is 0 Å². The van der Waals surface area contributed by atoms with Gasteiger partial charge in [0.15, 0.2) is 0 Å². The number of pyridine rings is 2. The number of thiophene rings is 1. The Kier molecular flexibility index (Phi) is 11.1. The minimum absolute atomic E-state index is 0. The van der Waals surface area contributed by atoms with E-state index < -0.39 is 14.0 Å². The molecule has 0 aliphatic carbocycles. The second-order valence-corrected chi connectivity index (χ2v) is 19.6. The van der Waals surface area contributed by atoms with Crippen molar-refractivity contribution in [3.8, 4) is 22.5 Å². The molecular formula is C43H42IrN2SSi-2. The number of hydrogen-bond donors (Lipinski definition) is 0. The van der Waals surface area contributed by atoms with Gasteiger partial charge in [-0.25, -0.2) is 0 Å². The van der Waals surface area contributed by atoms with Crippen molar-refractivity contribution in [3.05, 3.63) is 150 Å². The van der Waals surface area contributed by atoms with E-state index in [1.807, 2.05) is 73.7 Å². The molecule has 0 fully saturated rings. The number of hydrogen-bond acceptors (Lipinski definition) is 3. The van der Waals surface area contributed by atoms with Crippen molar-refractivity contribution >= 4 is 44.8 Å². The average Bonchev–Trinajstić information content (AvgIpc) is 3.48. The van der Waals surface area contributed by atoms with Gasteiger partial charge in [-0.1, -0.05) is 112 Å². The van der Waals surface area contributed by atoms with Crippen LogP contribution in [-0.2, 0) is 26.5 Å². The van der Waals surface area contributed by atoms with Crippen LogP contribution in [0.25, 0.3) is 42.7 Å². The van der Waals surface area contributed by atoms with Crippen LogP contribution in [0.3, 0.4) is 0 Å². The molecule has 4 aromatic carbocycles. The van der Waals surface area contributed by atoms with E-state index in [4.69, 9.17) is 1.37 Å². The van der Waals surface area contributed by atoms with Crippen molar-refractivity contribution in [1.29, 1.82) is 0 Å². The molecule has 7 aromatic rings. The maximum absolute atomic E-state index is 8.98. The summed E-state index contributed by atoms with van der Waals surface area (Å²) >= 11 is 1.77. The molecule has 0 N–H and O–H groups in total. The minimum atomic E-state index is -1.34. The van der Waals surface area contributed by atoms with Crippen molar-refractivity contribution < 1.29 is 21.5 Å². The predicted molar refractivity (Wildman–Crippen MR) is 205 cm³/mol. The number of benzene rings is 4. The molecule has 0 bridgehead atoms. The number of rotatable bonds is 7. The Balaban J connectivity index is 0.000000199. The summed E-state index contributed by atoms with van der Waals surface area (Å²) in [5.41, 5.74) is 7.36. The Morgan fingerprint density at radius 3 is 2.23 bits per heavy atom. The third-order valence-electron chi connectivity index (χ3n) is 8.41. The van der Waals surface area contributed by atoms with Crippen LogP contribution in [-0.4, -0.2) is 18.0 Å². The summed E-state index contributed by atoms with van der Waals surface area (Å²) in [5, 5.41) is 3.99. The quantitative estimate of drug-likeness (QED) is 0.118. The second-order valence-electron chi connectivity index (χ2n) is 13.5. The Bertz CT molecular complexity index is 2150. The van der Waals surface area contributed by atoms with E-state index in [1.165, 1.54) is 30.9 Å². The monoisotopic (exact) mass is 840 g/mol. The summed E-state index contributed by atoms with van der Waals surface area (Å²) in [6.07, 6.45) is 5.04. The molecule has 5 heteroatoms. The van der Waals surface area contributed by atoms with Crippen LogP contribution >= 0.6 is 11.3 Å². The van der Waals surface area contributed by atoms with Gasteiger partial charge in [-0.3, -0.25) is 0 Å². The molecule has 0 spiro atoms. The molecule has 0 amide bonds. The normalized spacial score (nSPS) is 12.9. The Labute approximate surface area is 306 Å². The fourth-order valence-corrected chi connectivity index (χ4v) is 8.81. The van der Waals surface area contributed by atoms with Crippen molar-refractivity contribution in [2.75, 3.05) is 0 Å². The largest absolute Gasteiger partial charge is 0.305 e. The van der Waals surface area contributed by atoms with Gasteiger partial charge in [0.25, 0.3) is 0 Å². The summed E-state index contributed by atoms with van der Waals surface area (Å²) in [5.74, 6) is -0.174. The Morgan fingerprint density at radius 1 is 0.750 bits per heavy atom. The van der Waals surface area contributed by atoms with Crippen LogP contribution in [0.5, 0.6) is 0 Å². The molecule has 0 aliphatic heterocycles. The molecule has 0 saturated heterocycles. The van der Waals surface area contributed by atoms with Crippen molar-refractivity contribution in [2.24, 2.45) is 5.92 Å². The van der Waals surface area contributed by atoms with Crippen molar-refractivity contribution in [1.82, 2.24) is 9.97 Å². The van der Waals surface area contributed by atoms with Crippen LogP contribution in [0.4, 0.5) is 0 Å². The summed E-state index contributed by atoms with van der Waals surface area (Å²) < 4.78 is 11.4. The molecule has 3 aromatic heterocycles. The molecular weight excluding hydrogens is 797 g/mol. The molecule has 0 aliphatic rings. The van der Waals surface area contributed by atoms with Gasteiger partial charge in [-0.05, 0) is 62.3 Å². The summed E-state index contributed by atoms with van der Waals surface area (Å²) in [7, 11) is -1.34. The van der Waals surface area contributed by atoms with Crippen molar-refractivity contribution in [2.45, 2.75) is 52.7 Å². The van der Waals surface area contributed by atoms with E-state index >= 15 is 0 Å². The van der Waals surface area contributed by atoms with E-state index in [0.29, 0.717) is 5.92 Å². The van der Waals surface area contributed by atoms with Crippen LogP contribution in [0.1, 0.15) is 44.7 Å². The average molecular weight is 840 g/mol. The molecule has 1 atom stereocenters.